The number of carboxylic acids is 1. The molecule has 0 spiro atoms. The van der Waals surface area contributed by atoms with Gasteiger partial charge in [-0.05, 0) is 36.5 Å². The molecule has 0 radical (unpaired) electrons. The molecule has 2 aliphatic heterocycles. The Balaban J connectivity index is 1.43. The van der Waals surface area contributed by atoms with Crippen LogP contribution < -0.4 is 31.5 Å². The molecular weight excluding hydrogens is 614 g/mol. The second-order valence-corrected chi connectivity index (χ2v) is 12.3. The number of urea groups is 1. The number of rotatable bonds is 13. The van der Waals surface area contributed by atoms with E-state index in [9.17, 15) is 43.5 Å². The SMILES string of the molecule is CC[C@H](C)[C@@H](CNC(=O)C(=O)N1C[C@@H](NC(=O)Cc2ccc(N3CCNC3=O)cc2)C[C@H]1C(=O)NC1(C=O)CC1C(=O)O)NC(C)=O. The smallest absolute Gasteiger partial charge is 0.321 e. The normalized spacial score (nSPS) is 24.4. The van der Waals surface area contributed by atoms with Gasteiger partial charge in [-0.25, -0.2) is 4.79 Å². The van der Waals surface area contributed by atoms with Gasteiger partial charge in [-0.3, -0.25) is 33.7 Å². The fraction of sp³-hybridized carbons (Fsp3) is 0.548. The third kappa shape index (κ3) is 8.23. The molecule has 2 unspecified atom stereocenters. The quantitative estimate of drug-likeness (QED) is 0.109. The van der Waals surface area contributed by atoms with Gasteiger partial charge in [0.05, 0.1) is 12.3 Å². The molecule has 6 N–H and O–H groups in total. The number of nitrogens with one attached hydrogen (secondary N) is 5. The van der Waals surface area contributed by atoms with Crippen molar-refractivity contribution in [1.82, 2.24) is 31.5 Å². The largest absolute Gasteiger partial charge is 0.481 e. The maximum Gasteiger partial charge on any atom is 0.321 e. The molecule has 3 fully saturated rings. The lowest BCUT2D eigenvalue weighted by atomic mass is 9.99. The van der Waals surface area contributed by atoms with E-state index < -0.39 is 59.2 Å². The third-order valence-corrected chi connectivity index (χ3v) is 8.96. The van der Waals surface area contributed by atoms with Gasteiger partial charge in [0.25, 0.3) is 0 Å². The van der Waals surface area contributed by atoms with Crippen LogP contribution in [-0.4, -0.2) is 108 Å². The van der Waals surface area contributed by atoms with Crippen LogP contribution in [0.1, 0.15) is 45.6 Å². The number of benzene rings is 1. The van der Waals surface area contributed by atoms with E-state index in [1.165, 1.54) is 6.92 Å². The van der Waals surface area contributed by atoms with Crippen molar-refractivity contribution in [2.24, 2.45) is 11.8 Å². The molecule has 2 heterocycles. The second-order valence-electron chi connectivity index (χ2n) is 12.3. The molecule has 0 bridgehead atoms. The highest BCUT2D eigenvalue weighted by Crippen LogP contribution is 2.42. The Morgan fingerprint density at radius 2 is 1.85 bits per heavy atom. The summed E-state index contributed by atoms with van der Waals surface area (Å²) >= 11 is 0. The van der Waals surface area contributed by atoms with Crippen LogP contribution >= 0.6 is 0 Å². The molecule has 4 rings (SSSR count). The molecule has 6 atom stereocenters. The van der Waals surface area contributed by atoms with E-state index in [0.29, 0.717) is 37.0 Å². The molecular formula is C31H41N7O9. The molecule has 1 saturated carbocycles. The topological polar surface area (TPSA) is 223 Å². The highest BCUT2D eigenvalue weighted by atomic mass is 16.4. The fourth-order valence-electron chi connectivity index (χ4n) is 5.94. The minimum absolute atomic E-state index is 0.0182. The summed E-state index contributed by atoms with van der Waals surface area (Å²) in [6.45, 7) is 5.97. The highest BCUT2D eigenvalue weighted by Gasteiger charge is 2.61. The standard InChI is InChI=1S/C31H41N7O9/c1-4-17(2)23(34-18(3)40)14-33-27(43)28(44)38-15-20(12-24(38)26(42)36-31(16-39)13-22(31)29(45)46)35-25(41)11-19-5-7-21(8-6-19)37-10-9-32-30(37)47/h5-8,16-17,20,22-24H,4,9-15H2,1-3H3,(H,32,47)(H,33,43)(H,34,40)(H,35,41)(H,36,42)(H,45,46)/t17-,20-,22?,23+,24-,31?/m0/s1. The Kier molecular flexibility index (Phi) is 10.8. The first-order valence-corrected chi connectivity index (χ1v) is 15.6. The molecule has 16 heteroatoms. The van der Waals surface area contributed by atoms with E-state index in [2.05, 4.69) is 26.6 Å². The zero-order valence-electron chi connectivity index (χ0n) is 26.5. The average Bonchev–Trinajstić information content (AvgIpc) is 3.34. The molecule has 47 heavy (non-hydrogen) atoms. The Hall–Kier alpha value is -5.02. The van der Waals surface area contributed by atoms with Gasteiger partial charge in [0.1, 0.15) is 17.9 Å². The predicted octanol–water partition coefficient (Wildman–Crippen LogP) is -1.33. The first-order chi connectivity index (χ1) is 22.3. The summed E-state index contributed by atoms with van der Waals surface area (Å²) < 4.78 is 0. The maximum atomic E-state index is 13.4. The van der Waals surface area contributed by atoms with E-state index >= 15 is 0 Å². The minimum atomic E-state index is -1.62. The summed E-state index contributed by atoms with van der Waals surface area (Å²) in [5.74, 6) is -6.02. The minimum Gasteiger partial charge on any atom is -0.481 e. The van der Waals surface area contributed by atoms with Gasteiger partial charge in [0.15, 0.2) is 0 Å². The lowest BCUT2D eigenvalue weighted by molar-refractivity contribution is -0.148. The highest BCUT2D eigenvalue weighted by molar-refractivity contribution is 6.35. The molecule has 3 aliphatic rings. The van der Waals surface area contributed by atoms with Gasteiger partial charge in [-0.1, -0.05) is 32.4 Å². The van der Waals surface area contributed by atoms with Crippen LogP contribution in [0, 0.1) is 11.8 Å². The van der Waals surface area contributed by atoms with E-state index in [-0.39, 0.29) is 50.2 Å². The lowest BCUT2D eigenvalue weighted by Gasteiger charge is -2.26. The number of carbonyl (C=O) groups excluding carboxylic acids is 7. The molecule has 254 valence electrons. The Bertz CT molecular complexity index is 1430. The van der Waals surface area contributed by atoms with Gasteiger partial charge >= 0.3 is 23.8 Å². The number of carboxylic acid groups (broad SMARTS) is 1. The van der Waals surface area contributed by atoms with Crippen molar-refractivity contribution in [2.75, 3.05) is 31.1 Å². The van der Waals surface area contributed by atoms with Gasteiger partial charge < -0.3 is 41.4 Å². The number of aliphatic carboxylic acids is 1. The van der Waals surface area contributed by atoms with Crippen molar-refractivity contribution in [1.29, 1.82) is 0 Å². The van der Waals surface area contributed by atoms with Crippen molar-refractivity contribution in [3.63, 3.8) is 0 Å². The molecule has 1 aliphatic carbocycles. The third-order valence-electron chi connectivity index (χ3n) is 8.96. The van der Waals surface area contributed by atoms with Crippen LogP contribution in [0.15, 0.2) is 24.3 Å². The van der Waals surface area contributed by atoms with Gasteiger partial charge in [0.2, 0.25) is 17.7 Å². The number of hydrogen-bond acceptors (Lipinski definition) is 8. The van der Waals surface area contributed by atoms with Crippen LogP contribution in [0.25, 0.3) is 0 Å². The number of anilines is 1. The summed E-state index contributed by atoms with van der Waals surface area (Å²) in [6, 6.07) is 4.21. The molecule has 7 amide bonds. The molecule has 0 aromatic heterocycles. The number of nitrogens with zero attached hydrogens (tertiary/aromatic N) is 2. The monoisotopic (exact) mass is 655 g/mol. The van der Waals surface area contributed by atoms with Crippen molar-refractivity contribution >= 4 is 53.5 Å². The van der Waals surface area contributed by atoms with Crippen LogP contribution in [0.5, 0.6) is 0 Å². The van der Waals surface area contributed by atoms with Crippen molar-refractivity contribution < 1.29 is 43.5 Å². The molecule has 1 aromatic carbocycles. The average molecular weight is 656 g/mol. The van der Waals surface area contributed by atoms with Crippen molar-refractivity contribution in [3.05, 3.63) is 29.8 Å². The number of aldehydes is 1. The number of hydrogen-bond donors (Lipinski definition) is 6. The Labute approximate surface area is 271 Å². The van der Waals surface area contributed by atoms with Gasteiger partial charge in [-0.2, -0.15) is 0 Å². The van der Waals surface area contributed by atoms with Crippen molar-refractivity contribution in [2.45, 2.75) is 70.1 Å². The number of carbonyl (C=O) groups is 8. The summed E-state index contributed by atoms with van der Waals surface area (Å²) in [6.07, 6.45) is 0.812. The van der Waals surface area contributed by atoms with E-state index in [0.717, 1.165) is 4.90 Å². The van der Waals surface area contributed by atoms with E-state index in [1.54, 1.807) is 29.2 Å². The summed E-state index contributed by atoms with van der Waals surface area (Å²) in [5.41, 5.74) is -0.282. The summed E-state index contributed by atoms with van der Waals surface area (Å²) in [5, 5.41) is 22.6. The maximum absolute atomic E-state index is 13.4. The summed E-state index contributed by atoms with van der Waals surface area (Å²) in [4.78, 5) is 102. The Morgan fingerprint density at radius 1 is 1.15 bits per heavy atom. The van der Waals surface area contributed by atoms with E-state index in [1.807, 2.05) is 13.8 Å². The fourth-order valence-corrected chi connectivity index (χ4v) is 5.94. The van der Waals surface area contributed by atoms with Crippen molar-refractivity contribution in [3.8, 4) is 0 Å². The number of likely N-dealkylation sites (tertiary alicyclic amines) is 1. The lowest BCUT2D eigenvalue weighted by Crippen LogP contribution is -2.55. The molecule has 1 aromatic rings. The first-order valence-electron chi connectivity index (χ1n) is 15.6. The predicted molar refractivity (Wildman–Crippen MR) is 166 cm³/mol. The molecule has 2 saturated heterocycles. The van der Waals surface area contributed by atoms with Gasteiger partial charge in [0, 0.05) is 50.9 Å². The Morgan fingerprint density at radius 3 is 2.40 bits per heavy atom. The van der Waals surface area contributed by atoms with E-state index in [4.69, 9.17) is 0 Å². The molecule has 16 nitrogen and oxygen atoms in total. The van der Waals surface area contributed by atoms with Crippen LogP contribution in [-0.2, 0) is 40.0 Å². The zero-order chi connectivity index (χ0) is 34.5. The van der Waals surface area contributed by atoms with Gasteiger partial charge in [-0.15, -0.1) is 0 Å². The summed E-state index contributed by atoms with van der Waals surface area (Å²) in [7, 11) is 0. The second kappa shape index (κ2) is 14.6. The van der Waals surface area contributed by atoms with Crippen LogP contribution in [0.2, 0.25) is 0 Å². The van der Waals surface area contributed by atoms with Crippen LogP contribution in [0.4, 0.5) is 10.5 Å². The number of amides is 7. The zero-order valence-corrected chi connectivity index (χ0v) is 26.5. The van der Waals surface area contributed by atoms with Crippen LogP contribution in [0.3, 0.4) is 0 Å². The first kappa shape index (κ1) is 34.8.